The molecule has 0 aliphatic carbocycles. The minimum atomic E-state index is -0.0316. The lowest BCUT2D eigenvalue weighted by Gasteiger charge is -2.15. The number of carbonyl (C=O) groups excluding carboxylic acids is 1. The third-order valence-corrected chi connectivity index (χ3v) is 3.82. The van der Waals surface area contributed by atoms with Crippen LogP contribution in [0.4, 0.5) is 5.69 Å². The molecule has 3 unspecified atom stereocenters. The van der Waals surface area contributed by atoms with E-state index in [1.807, 2.05) is 38.2 Å². The average Bonchev–Trinajstić information content (AvgIpc) is 2.85. The molecule has 1 aliphatic heterocycles. The molecule has 104 valence electrons. The average molecular weight is 262 g/mol. The van der Waals surface area contributed by atoms with Crippen molar-refractivity contribution >= 4 is 11.6 Å². The zero-order chi connectivity index (χ0) is 13.8. The van der Waals surface area contributed by atoms with Gasteiger partial charge in [0, 0.05) is 18.3 Å². The minimum Gasteiger partial charge on any atom is -0.378 e. The van der Waals surface area contributed by atoms with Gasteiger partial charge in [-0.2, -0.15) is 0 Å². The third kappa shape index (κ3) is 3.33. The molecule has 1 fully saturated rings. The SMILES string of the molecule is CNC(C)c1ccc(NC(=O)C2CCOC2C)cc1. The van der Waals surface area contributed by atoms with Gasteiger partial charge < -0.3 is 15.4 Å². The van der Waals surface area contributed by atoms with E-state index in [2.05, 4.69) is 17.6 Å². The summed E-state index contributed by atoms with van der Waals surface area (Å²) in [6.45, 7) is 4.73. The van der Waals surface area contributed by atoms with E-state index < -0.39 is 0 Å². The van der Waals surface area contributed by atoms with Gasteiger partial charge in [0.05, 0.1) is 12.0 Å². The van der Waals surface area contributed by atoms with Crippen molar-refractivity contribution in [3.05, 3.63) is 29.8 Å². The van der Waals surface area contributed by atoms with Crippen molar-refractivity contribution in [3.8, 4) is 0 Å². The summed E-state index contributed by atoms with van der Waals surface area (Å²) in [5.41, 5.74) is 2.05. The van der Waals surface area contributed by atoms with Gasteiger partial charge in [-0.15, -0.1) is 0 Å². The molecule has 0 bridgehead atoms. The summed E-state index contributed by atoms with van der Waals surface area (Å²) >= 11 is 0. The molecule has 1 heterocycles. The Kier molecular flexibility index (Phi) is 4.56. The molecule has 1 aromatic rings. The molecule has 2 rings (SSSR count). The van der Waals surface area contributed by atoms with Crippen molar-refractivity contribution in [2.45, 2.75) is 32.4 Å². The second-order valence-corrected chi connectivity index (χ2v) is 5.09. The predicted octanol–water partition coefficient (Wildman–Crippen LogP) is 2.33. The van der Waals surface area contributed by atoms with Crippen molar-refractivity contribution in [3.63, 3.8) is 0 Å². The van der Waals surface area contributed by atoms with Gasteiger partial charge in [0.15, 0.2) is 0 Å². The van der Waals surface area contributed by atoms with E-state index in [1.54, 1.807) is 0 Å². The number of rotatable bonds is 4. The quantitative estimate of drug-likeness (QED) is 0.875. The highest BCUT2D eigenvalue weighted by Crippen LogP contribution is 2.23. The number of benzene rings is 1. The van der Waals surface area contributed by atoms with Crippen LogP contribution in [0.5, 0.6) is 0 Å². The van der Waals surface area contributed by atoms with Crippen molar-refractivity contribution in [2.24, 2.45) is 5.92 Å². The van der Waals surface area contributed by atoms with Crippen LogP contribution in [0.2, 0.25) is 0 Å². The van der Waals surface area contributed by atoms with E-state index in [9.17, 15) is 4.79 Å². The molecule has 0 saturated carbocycles. The van der Waals surface area contributed by atoms with Crippen LogP contribution < -0.4 is 10.6 Å². The smallest absolute Gasteiger partial charge is 0.230 e. The summed E-state index contributed by atoms with van der Waals surface area (Å²) in [7, 11) is 1.93. The summed E-state index contributed by atoms with van der Waals surface area (Å²) in [6.07, 6.45) is 0.825. The van der Waals surface area contributed by atoms with Gasteiger partial charge in [0.1, 0.15) is 0 Å². The lowest BCUT2D eigenvalue weighted by atomic mass is 10.0. The van der Waals surface area contributed by atoms with Gasteiger partial charge in [0.2, 0.25) is 5.91 Å². The fraction of sp³-hybridized carbons (Fsp3) is 0.533. The minimum absolute atomic E-state index is 0.0172. The molecule has 1 aromatic carbocycles. The second-order valence-electron chi connectivity index (χ2n) is 5.09. The van der Waals surface area contributed by atoms with Gasteiger partial charge in [-0.05, 0) is 45.0 Å². The van der Waals surface area contributed by atoms with Crippen LogP contribution in [0, 0.1) is 5.92 Å². The van der Waals surface area contributed by atoms with E-state index in [4.69, 9.17) is 4.74 Å². The summed E-state index contributed by atoms with van der Waals surface area (Å²) < 4.78 is 5.42. The normalized spacial score (nSPS) is 24.2. The molecule has 0 spiro atoms. The largest absolute Gasteiger partial charge is 0.378 e. The number of hydrogen-bond donors (Lipinski definition) is 2. The summed E-state index contributed by atoms with van der Waals surface area (Å²) in [5, 5.41) is 6.15. The Hall–Kier alpha value is -1.39. The summed E-state index contributed by atoms with van der Waals surface area (Å²) in [6, 6.07) is 8.27. The predicted molar refractivity (Wildman–Crippen MR) is 76.1 cm³/mol. The van der Waals surface area contributed by atoms with Crippen molar-refractivity contribution < 1.29 is 9.53 Å². The van der Waals surface area contributed by atoms with Crippen LogP contribution >= 0.6 is 0 Å². The molecule has 19 heavy (non-hydrogen) atoms. The Bertz CT molecular complexity index is 430. The molecule has 2 N–H and O–H groups in total. The Morgan fingerprint density at radius 3 is 2.58 bits per heavy atom. The summed E-state index contributed by atoms with van der Waals surface area (Å²) in [4.78, 5) is 12.1. The maximum absolute atomic E-state index is 12.1. The first kappa shape index (κ1) is 14.0. The Morgan fingerprint density at radius 2 is 2.05 bits per heavy atom. The maximum atomic E-state index is 12.1. The standard InChI is InChI=1S/C15H22N2O2/c1-10(16-3)12-4-6-13(7-5-12)17-15(18)14-8-9-19-11(14)2/h4-7,10-11,14,16H,8-9H2,1-3H3,(H,17,18). The molecule has 1 saturated heterocycles. The topological polar surface area (TPSA) is 50.4 Å². The monoisotopic (exact) mass is 262 g/mol. The zero-order valence-corrected chi connectivity index (χ0v) is 11.8. The van der Waals surface area contributed by atoms with Gasteiger partial charge in [-0.25, -0.2) is 0 Å². The van der Waals surface area contributed by atoms with E-state index in [-0.39, 0.29) is 17.9 Å². The fourth-order valence-electron chi connectivity index (χ4n) is 2.33. The van der Waals surface area contributed by atoms with Crippen LogP contribution in [-0.4, -0.2) is 25.7 Å². The summed E-state index contributed by atoms with van der Waals surface area (Å²) in [5.74, 6) is 0.0234. The van der Waals surface area contributed by atoms with Gasteiger partial charge in [0.25, 0.3) is 0 Å². The Morgan fingerprint density at radius 1 is 1.37 bits per heavy atom. The van der Waals surface area contributed by atoms with Crippen molar-refractivity contribution in [1.29, 1.82) is 0 Å². The number of nitrogens with one attached hydrogen (secondary N) is 2. The molecule has 4 nitrogen and oxygen atoms in total. The maximum Gasteiger partial charge on any atom is 0.230 e. The molecule has 0 radical (unpaired) electrons. The number of amides is 1. The van der Waals surface area contributed by atoms with Crippen LogP contribution in [-0.2, 0) is 9.53 Å². The van der Waals surface area contributed by atoms with Gasteiger partial charge in [-0.1, -0.05) is 12.1 Å². The highest BCUT2D eigenvalue weighted by Gasteiger charge is 2.30. The Labute approximate surface area is 114 Å². The zero-order valence-electron chi connectivity index (χ0n) is 11.8. The molecular weight excluding hydrogens is 240 g/mol. The third-order valence-electron chi connectivity index (χ3n) is 3.82. The van der Waals surface area contributed by atoms with Gasteiger partial charge >= 0.3 is 0 Å². The number of ether oxygens (including phenoxy) is 1. The fourth-order valence-corrected chi connectivity index (χ4v) is 2.33. The first-order chi connectivity index (χ1) is 9.11. The molecule has 1 aliphatic rings. The highest BCUT2D eigenvalue weighted by atomic mass is 16.5. The molecular formula is C15H22N2O2. The lowest BCUT2D eigenvalue weighted by molar-refractivity contribution is -0.121. The molecule has 3 atom stereocenters. The number of carbonyl (C=O) groups is 1. The number of hydrogen-bond acceptors (Lipinski definition) is 3. The number of anilines is 1. The van der Waals surface area contributed by atoms with Crippen LogP contribution in [0.15, 0.2) is 24.3 Å². The lowest BCUT2D eigenvalue weighted by Crippen LogP contribution is -2.27. The molecule has 4 heteroatoms. The molecule has 0 aromatic heterocycles. The van der Waals surface area contributed by atoms with Crippen molar-refractivity contribution in [1.82, 2.24) is 5.32 Å². The van der Waals surface area contributed by atoms with E-state index in [0.717, 1.165) is 12.1 Å². The Balaban J connectivity index is 1.97. The van der Waals surface area contributed by atoms with E-state index in [0.29, 0.717) is 12.6 Å². The van der Waals surface area contributed by atoms with Crippen LogP contribution in [0.3, 0.4) is 0 Å². The van der Waals surface area contributed by atoms with E-state index >= 15 is 0 Å². The second kappa shape index (κ2) is 6.17. The van der Waals surface area contributed by atoms with Crippen molar-refractivity contribution in [2.75, 3.05) is 19.0 Å². The molecule has 1 amide bonds. The van der Waals surface area contributed by atoms with Crippen LogP contribution in [0.25, 0.3) is 0 Å². The van der Waals surface area contributed by atoms with Gasteiger partial charge in [-0.3, -0.25) is 4.79 Å². The van der Waals surface area contributed by atoms with Crippen LogP contribution in [0.1, 0.15) is 31.9 Å². The first-order valence-corrected chi connectivity index (χ1v) is 6.81. The van der Waals surface area contributed by atoms with E-state index in [1.165, 1.54) is 5.56 Å². The first-order valence-electron chi connectivity index (χ1n) is 6.81. The highest BCUT2D eigenvalue weighted by molar-refractivity contribution is 5.93.